The van der Waals surface area contributed by atoms with Crippen LogP contribution in [0.25, 0.3) is 0 Å². The van der Waals surface area contributed by atoms with Crippen LogP contribution in [0.15, 0.2) is 24.0 Å². The fourth-order valence-electron chi connectivity index (χ4n) is 4.31. The monoisotopic (exact) mass is 281 g/mol. The summed E-state index contributed by atoms with van der Waals surface area (Å²) in [7, 11) is 3.97. The van der Waals surface area contributed by atoms with Crippen LogP contribution in [0.3, 0.4) is 0 Å². The fourth-order valence-corrected chi connectivity index (χ4v) is 4.31. The normalized spacial score (nSPS) is 47.0. The van der Waals surface area contributed by atoms with Gasteiger partial charge in [-0.3, -0.25) is 0 Å². The molecule has 0 aromatic carbocycles. The van der Waals surface area contributed by atoms with Crippen molar-refractivity contribution in [1.29, 1.82) is 0 Å². The summed E-state index contributed by atoms with van der Waals surface area (Å²) in [5.74, 6) is 0.267. The van der Waals surface area contributed by atoms with Crippen molar-refractivity contribution in [2.45, 2.75) is 31.0 Å². The van der Waals surface area contributed by atoms with Crippen molar-refractivity contribution in [2.75, 3.05) is 20.6 Å². The van der Waals surface area contributed by atoms with Crippen molar-refractivity contribution < 1.29 is 14.6 Å². The lowest BCUT2D eigenvalue weighted by Gasteiger charge is -2.46. The fraction of sp³-hybridized carbons (Fsp3) is 0.750. The molecule has 0 aromatic rings. The van der Waals surface area contributed by atoms with Crippen molar-refractivity contribution >= 4 is 0 Å². The van der Waals surface area contributed by atoms with Gasteiger partial charge in [-0.15, -0.1) is 0 Å². The van der Waals surface area contributed by atoms with Gasteiger partial charge in [-0.2, -0.15) is 0 Å². The molecule has 3 aliphatic carbocycles. The van der Waals surface area contributed by atoms with Gasteiger partial charge in [0.05, 0.1) is 5.60 Å². The van der Waals surface area contributed by atoms with E-state index in [0.29, 0.717) is 5.92 Å². The number of rotatable bonds is 3. The van der Waals surface area contributed by atoms with Gasteiger partial charge in [-0.1, -0.05) is 0 Å². The largest absolute Gasteiger partial charge is 0.508 e. The molecule has 2 N–H and O–H groups in total. The van der Waals surface area contributed by atoms with Crippen LogP contribution in [0.1, 0.15) is 19.3 Å². The molecule has 4 heteroatoms. The molecule has 2 fully saturated rings. The van der Waals surface area contributed by atoms with Gasteiger partial charge in [-0.25, -0.2) is 4.39 Å². The second-order valence-corrected chi connectivity index (χ2v) is 6.95. The van der Waals surface area contributed by atoms with Crippen LogP contribution in [0.5, 0.6) is 0 Å². The average molecular weight is 281 g/mol. The molecule has 0 radical (unpaired) electrons. The van der Waals surface area contributed by atoms with Gasteiger partial charge in [0, 0.05) is 18.4 Å². The molecule has 0 spiro atoms. The van der Waals surface area contributed by atoms with E-state index >= 15 is 0 Å². The van der Waals surface area contributed by atoms with Gasteiger partial charge < -0.3 is 15.1 Å². The SMILES string of the molecule is CN(C)C[C@H]1CC[C@@H]2C[C@@H]2[C@]1(O)C1C=C(O)C=CC1F. The van der Waals surface area contributed by atoms with Crippen LogP contribution in [-0.2, 0) is 0 Å². The number of aliphatic hydroxyl groups is 2. The number of hydrogen-bond acceptors (Lipinski definition) is 3. The summed E-state index contributed by atoms with van der Waals surface area (Å²) in [5.41, 5.74) is -1.02. The predicted molar refractivity (Wildman–Crippen MR) is 76.1 cm³/mol. The highest BCUT2D eigenvalue weighted by atomic mass is 19.1. The van der Waals surface area contributed by atoms with Gasteiger partial charge >= 0.3 is 0 Å². The highest BCUT2D eigenvalue weighted by molar-refractivity contribution is 5.27. The molecule has 6 atom stereocenters. The van der Waals surface area contributed by atoms with E-state index in [2.05, 4.69) is 4.90 Å². The minimum Gasteiger partial charge on any atom is -0.508 e. The van der Waals surface area contributed by atoms with Crippen LogP contribution in [0, 0.1) is 23.7 Å². The van der Waals surface area contributed by atoms with Crippen molar-refractivity contribution in [3.05, 3.63) is 24.0 Å². The lowest BCUT2D eigenvalue weighted by Crippen LogP contribution is -2.55. The number of halogens is 1. The molecule has 2 unspecified atom stereocenters. The molecule has 0 bridgehead atoms. The van der Waals surface area contributed by atoms with Gasteiger partial charge in [0.1, 0.15) is 11.9 Å². The quantitative estimate of drug-likeness (QED) is 0.834. The molecule has 3 rings (SSSR count). The average Bonchev–Trinajstić information content (AvgIpc) is 3.16. The van der Waals surface area contributed by atoms with Gasteiger partial charge in [0.15, 0.2) is 0 Å². The first-order valence-corrected chi connectivity index (χ1v) is 7.53. The minimum atomic E-state index is -1.21. The first kappa shape index (κ1) is 14.1. The zero-order valence-corrected chi connectivity index (χ0v) is 12.2. The van der Waals surface area contributed by atoms with Crippen molar-refractivity contribution in [3.63, 3.8) is 0 Å². The Labute approximate surface area is 119 Å². The number of aliphatic hydroxyl groups excluding tert-OH is 1. The van der Waals surface area contributed by atoms with E-state index in [1.165, 1.54) is 18.2 Å². The Bertz CT molecular complexity index is 448. The molecule has 0 aliphatic heterocycles. The topological polar surface area (TPSA) is 43.7 Å². The number of hydrogen-bond donors (Lipinski definition) is 2. The molecule has 0 heterocycles. The Morgan fingerprint density at radius 2 is 2.15 bits per heavy atom. The molecule has 112 valence electrons. The van der Waals surface area contributed by atoms with Crippen LogP contribution in [0.4, 0.5) is 4.39 Å². The highest BCUT2D eigenvalue weighted by Gasteiger charge is 2.62. The zero-order chi connectivity index (χ0) is 14.5. The van der Waals surface area contributed by atoms with Crippen molar-refractivity contribution in [1.82, 2.24) is 4.90 Å². The Balaban J connectivity index is 1.91. The number of alkyl halides is 1. The summed E-state index contributed by atoms with van der Waals surface area (Å²) in [4.78, 5) is 2.06. The van der Waals surface area contributed by atoms with Crippen LogP contribution >= 0.6 is 0 Å². The van der Waals surface area contributed by atoms with Crippen LogP contribution < -0.4 is 0 Å². The Morgan fingerprint density at radius 1 is 1.40 bits per heavy atom. The predicted octanol–water partition coefficient (Wildman–Crippen LogP) is 2.29. The third-order valence-corrected chi connectivity index (χ3v) is 5.32. The summed E-state index contributed by atoms with van der Waals surface area (Å²) in [6.07, 6.45) is 6.16. The third kappa shape index (κ3) is 2.19. The van der Waals surface area contributed by atoms with Gasteiger partial charge in [0.2, 0.25) is 0 Å². The smallest absolute Gasteiger partial charge is 0.128 e. The number of nitrogens with zero attached hydrogens (tertiary/aromatic N) is 1. The third-order valence-electron chi connectivity index (χ3n) is 5.32. The highest BCUT2D eigenvalue weighted by Crippen LogP contribution is 2.60. The summed E-state index contributed by atoms with van der Waals surface area (Å²) in [5, 5.41) is 21.0. The summed E-state index contributed by atoms with van der Waals surface area (Å²) in [6.45, 7) is 0.765. The molecule has 2 saturated carbocycles. The summed E-state index contributed by atoms with van der Waals surface area (Å²) >= 11 is 0. The van der Waals surface area contributed by atoms with Gasteiger partial charge in [-0.05, 0) is 63.4 Å². The number of allylic oxidation sites excluding steroid dienone is 2. The lowest BCUT2D eigenvalue weighted by atomic mass is 9.65. The summed E-state index contributed by atoms with van der Waals surface area (Å²) in [6, 6.07) is 0. The second-order valence-electron chi connectivity index (χ2n) is 6.95. The van der Waals surface area contributed by atoms with Gasteiger partial charge in [0.25, 0.3) is 0 Å². The first-order chi connectivity index (χ1) is 9.42. The van der Waals surface area contributed by atoms with E-state index in [-0.39, 0.29) is 17.6 Å². The molecule has 20 heavy (non-hydrogen) atoms. The molecule has 0 saturated heterocycles. The molecule has 3 nitrogen and oxygen atoms in total. The van der Waals surface area contributed by atoms with E-state index in [9.17, 15) is 14.6 Å². The van der Waals surface area contributed by atoms with Crippen molar-refractivity contribution in [3.8, 4) is 0 Å². The molecule has 0 amide bonds. The van der Waals surface area contributed by atoms with E-state index in [4.69, 9.17) is 0 Å². The minimum absolute atomic E-state index is 0.0695. The Morgan fingerprint density at radius 3 is 2.85 bits per heavy atom. The van der Waals surface area contributed by atoms with Crippen molar-refractivity contribution in [2.24, 2.45) is 23.7 Å². The van der Waals surface area contributed by atoms with E-state index in [1.54, 1.807) is 0 Å². The maximum Gasteiger partial charge on any atom is 0.128 e. The van der Waals surface area contributed by atoms with E-state index in [1.807, 2.05) is 14.1 Å². The second kappa shape index (κ2) is 4.85. The lowest BCUT2D eigenvalue weighted by molar-refractivity contribution is -0.113. The van der Waals surface area contributed by atoms with Crippen LogP contribution in [0.2, 0.25) is 0 Å². The molecular formula is C16H24FNO2. The van der Waals surface area contributed by atoms with E-state index < -0.39 is 17.7 Å². The zero-order valence-electron chi connectivity index (χ0n) is 12.2. The standard InChI is InChI=1S/C16H24FNO2/c1-18(2)9-11-4-3-10-7-13(10)16(11,20)14-8-12(19)5-6-15(14)17/h5-6,8,10-11,13-15,19-20H,3-4,7,9H2,1-2H3/t10-,11-,13+,14?,15?,16+/m1/s1. The van der Waals surface area contributed by atoms with E-state index in [0.717, 1.165) is 25.8 Å². The molecule has 0 aromatic heterocycles. The maximum atomic E-state index is 14.3. The number of fused-ring (bicyclic) bond motifs is 1. The Hall–Kier alpha value is -0.870. The van der Waals surface area contributed by atoms with Crippen LogP contribution in [-0.4, -0.2) is 47.5 Å². The Kier molecular flexibility index (Phi) is 3.41. The maximum absolute atomic E-state index is 14.3. The summed E-state index contributed by atoms with van der Waals surface area (Å²) < 4.78 is 14.3. The molecular weight excluding hydrogens is 257 g/mol. The first-order valence-electron chi connectivity index (χ1n) is 7.53. The molecule has 3 aliphatic rings.